The molecule has 1 aromatic carbocycles. The Morgan fingerprint density at radius 1 is 1.00 bits per heavy atom. The van der Waals surface area contributed by atoms with Crippen molar-refractivity contribution in [3.63, 3.8) is 0 Å². The summed E-state index contributed by atoms with van der Waals surface area (Å²) in [4.78, 5) is 4.46. The lowest BCUT2D eigenvalue weighted by Gasteiger charge is -2.08. The molecule has 3 nitrogen and oxygen atoms in total. The van der Waals surface area contributed by atoms with E-state index in [-0.39, 0.29) is 0 Å². The Morgan fingerprint density at radius 3 is 2.38 bits per heavy atom. The summed E-state index contributed by atoms with van der Waals surface area (Å²) in [6.45, 7) is 5.39. The molecule has 2 rings (SSSR count). The number of aryl methyl sites for hydroxylation is 2. The van der Waals surface area contributed by atoms with Crippen LogP contribution in [0.4, 0.5) is 5.95 Å². The Labute approximate surface area is 128 Å². The summed E-state index contributed by atoms with van der Waals surface area (Å²) < 4.78 is 2.18. The molecule has 0 atom stereocenters. The highest BCUT2D eigenvalue weighted by Gasteiger charge is 2.09. The molecule has 0 saturated carbocycles. The average Bonchev–Trinajstić information content (AvgIpc) is 2.79. The second-order valence-electron chi connectivity index (χ2n) is 6.04. The quantitative estimate of drug-likeness (QED) is 0.654. The summed E-state index contributed by atoms with van der Waals surface area (Å²) >= 11 is 0. The molecule has 0 aliphatic heterocycles. The average molecular weight is 287 g/mol. The molecule has 21 heavy (non-hydrogen) atoms. The Hall–Kier alpha value is -1.51. The molecule has 0 spiro atoms. The van der Waals surface area contributed by atoms with Crippen LogP contribution >= 0.6 is 0 Å². The Bertz CT molecular complexity index is 557. The van der Waals surface area contributed by atoms with E-state index in [1.54, 1.807) is 0 Å². The topological polar surface area (TPSA) is 43.8 Å². The van der Waals surface area contributed by atoms with Crippen LogP contribution in [0.25, 0.3) is 11.0 Å². The molecule has 0 radical (unpaired) electrons. The van der Waals surface area contributed by atoms with Crippen molar-refractivity contribution in [3.8, 4) is 0 Å². The van der Waals surface area contributed by atoms with Gasteiger partial charge >= 0.3 is 0 Å². The number of hydrogen-bond donors (Lipinski definition) is 1. The first-order valence-corrected chi connectivity index (χ1v) is 8.45. The van der Waals surface area contributed by atoms with E-state index in [0.717, 1.165) is 12.1 Å². The lowest BCUT2D eigenvalue weighted by molar-refractivity contribution is 0.550. The third kappa shape index (κ3) is 4.23. The summed E-state index contributed by atoms with van der Waals surface area (Å²) in [5.41, 5.74) is 9.56. The van der Waals surface area contributed by atoms with Gasteiger partial charge in [0, 0.05) is 6.54 Å². The molecule has 0 unspecified atom stereocenters. The molecule has 0 aliphatic carbocycles. The van der Waals surface area contributed by atoms with Crippen LogP contribution in [-0.2, 0) is 6.54 Å². The number of aromatic nitrogens is 2. The van der Waals surface area contributed by atoms with Crippen LogP contribution in [0.2, 0.25) is 0 Å². The lowest BCUT2D eigenvalue weighted by atomic mass is 10.1. The number of unbranched alkanes of at least 4 members (excludes halogenated alkanes) is 7. The van der Waals surface area contributed by atoms with Crippen molar-refractivity contribution in [3.05, 3.63) is 23.8 Å². The monoisotopic (exact) mass is 287 g/mol. The molecule has 3 heteroatoms. The van der Waals surface area contributed by atoms with Gasteiger partial charge in [0.1, 0.15) is 0 Å². The van der Waals surface area contributed by atoms with Gasteiger partial charge in [-0.3, -0.25) is 0 Å². The molecule has 0 amide bonds. The largest absolute Gasteiger partial charge is 0.369 e. The van der Waals surface area contributed by atoms with E-state index in [2.05, 4.69) is 29.5 Å². The standard InChI is InChI=1S/C18H29N3/c1-3-4-5-6-7-8-9-10-14-21-17-15(2)12-11-13-16(17)20-18(21)19/h11-13H,3-10,14H2,1-2H3,(H2,19,20). The molecule has 2 aromatic rings. The van der Waals surface area contributed by atoms with E-state index in [1.807, 2.05) is 12.1 Å². The number of hydrogen-bond acceptors (Lipinski definition) is 2. The first-order valence-electron chi connectivity index (χ1n) is 8.45. The zero-order chi connectivity index (χ0) is 15.1. The van der Waals surface area contributed by atoms with Crippen molar-refractivity contribution in [1.82, 2.24) is 9.55 Å². The van der Waals surface area contributed by atoms with Crippen LogP contribution in [0.1, 0.15) is 63.9 Å². The fourth-order valence-corrected chi connectivity index (χ4v) is 3.01. The molecule has 2 N–H and O–H groups in total. The molecule has 0 saturated heterocycles. The van der Waals surface area contributed by atoms with E-state index < -0.39 is 0 Å². The van der Waals surface area contributed by atoms with Crippen molar-refractivity contribution in [2.45, 2.75) is 71.8 Å². The third-order valence-electron chi connectivity index (χ3n) is 4.23. The Morgan fingerprint density at radius 2 is 1.67 bits per heavy atom. The van der Waals surface area contributed by atoms with Gasteiger partial charge in [-0.15, -0.1) is 0 Å². The van der Waals surface area contributed by atoms with Crippen LogP contribution in [0.5, 0.6) is 0 Å². The van der Waals surface area contributed by atoms with Gasteiger partial charge in [-0.2, -0.15) is 0 Å². The molecule has 1 heterocycles. The molecular formula is C18H29N3. The second kappa shape index (κ2) is 8.06. The van der Waals surface area contributed by atoms with Crippen LogP contribution < -0.4 is 5.73 Å². The third-order valence-corrected chi connectivity index (χ3v) is 4.23. The van der Waals surface area contributed by atoms with Crippen molar-refractivity contribution >= 4 is 17.0 Å². The molecule has 1 aromatic heterocycles. The Kier molecular flexibility index (Phi) is 6.09. The fraction of sp³-hybridized carbons (Fsp3) is 0.611. The molecule has 0 bridgehead atoms. The van der Waals surface area contributed by atoms with Crippen molar-refractivity contribution in [1.29, 1.82) is 0 Å². The van der Waals surface area contributed by atoms with Gasteiger partial charge in [-0.25, -0.2) is 4.98 Å². The van der Waals surface area contributed by atoms with Gasteiger partial charge < -0.3 is 10.3 Å². The number of nitrogens with zero attached hydrogens (tertiary/aromatic N) is 2. The highest BCUT2D eigenvalue weighted by atomic mass is 15.1. The maximum Gasteiger partial charge on any atom is 0.201 e. The zero-order valence-electron chi connectivity index (χ0n) is 13.6. The van der Waals surface area contributed by atoms with Gasteiger partial charge in [0.15, 0.2) is 0 Å². The molecule has 0 fully saturated rings. The van der Waals surface area contributed by atoms with E-state index in [9.17, 15) is 0 Å². The summed E-state index contributed by atoms with van der Waals surface area (Å²) in [5, 5.41) is 0. The van der Waals surface area contributed by atoms with Gasteiger partial charge in [-0.1, -0.05) is 64.0 Å². The number of nitrogen functional groups attached to an aromatic ring is 1. The fourth-order valence-electron chi connectivity index (χ4n) is 3.01. The van der Waals surface area contributed by atoms with E-state index in [4.69, 9.17) is 5.73 Å². The summed E-state index contributed by atoms with van der Waals surface area (Å²) in [6, 6.07) is 6.22. The summed E-state index contributed by atoms with van der Waals surface area (Å²) in [6.07, 6.45) is 10.7. The van der Waals surface area contributed by atoms with E-state index >= 15 is 0 Å². The minimum atomic E-state index is 0.655. The first kappa shape index (κ1) is 15.9. The minimum Gasteiger partial charge on any atom is -0.369 e. The zero-order valence-corrected chi connectivity index (χ0v) is 13.6. The summed E-state index contributed by atoms with van der Waals surface area (Å²) in [5.74, 6) is 0.655. The highest BCUT2D eigenvalue weighted by molar-refractivity contribution is 5.81. The van der Waals surface area contributed by atoms with Crippen LogP contribution in [0, 0.1) is 6.92 Å². The predicted octanol–water partition coefficient (Wildman–Crippen LogP) is 5.07. The highest BCUT2D eigenvalue weighted by Crippen LogP contribution is 2.22. The number of rotatable bonds is 9. The van der Waals surface area contributed by atoms with E-state index in [0.29, 0.717) is 5.95 Å². The number of para-hydroxylation sites is 1. The van der Waals surface area contributed by atoms with Crippen molar-refractivity contribution < 1.29 is 0 Å². The molecule has 0 aliphatic rings. The van der Waals surface area contributed by atoms with Crippen molar-refractivity contribution in [2.75, 3.05) is 5.73 Å². The maximum absolute atomic E-state index is 6.07. The number of anilines is 1. The number of benzene rings is 1. The van der Waals surface area contributed by atoms with E-state index in [1.165, 1.54) is 62.4 Å². The molecule has 116 valence electrons. The van der Waals surface area contributed by atoms with Crippen molar-refractivity contribution in [2.24, 2.45) is 0 Å². The SMILES string of the molecule is CCCCCCCCCCn1c(N)nc2cccc(C)c21. The minimum absolute atomic E-state index is 0.655. The maximum atomic E-state index is 6.07. The number of fused-ring (bicyclic) bond motifs is 1. The smallest absolute Gasteiger partial charge is 0.201 e. The van der Waals surface area contributed by atoms with Gasteiger partial charge in [0.25, 0.3) is 0 Å². The first-order chi connectivity index (χ1) is 10.2. The predicted molar refractivity (Wildman–Crippen MR) is 91.5 cm³/mol. The normalized spacial score (nSPS) is 11.3. The van der Waals surface area contributed by atoms with Gasteiger partial charge in [-0.05, 0) is 25.0 Å². The number of imidazole rings is 1. The van der Waals surface area contributed by atoms with Crippen LogP contribution in [0.3, 0.4) is 0 Å². The second-order valence-corrected chi connectivity index (χ2v) is 6.04. The van der Waals surface area contributed by atoms with Crippen LogP contribution in [0.15, 0.2) is 18.2 Å². The molecular weight excluding hydrogens is 258 g/mol. The van der Waals surface area contributed by atoms with Crippen LogP contribution in [-0.4, -0.2) is 9.55 Å². The number of nitrogens with two attached hydrogens (primary N) is 1. The van der Waals surface area contributed by atoms with Gasteiger partial charge in [0.05, 0.1) is 11.0 Å². The Balaban J connectivity index is 1.80. The summed E-state index contributed by atoms with van der Waals surface area (Å²) in [7, 11) is 0. The van der Waals surface area contributed by atoms with Gasteiger partial charge in [0.2, 0.25) is 5.95 Å². The lowest BCUT2D eigenvalue weighted by Crippen LogP contribution is -2.04.